The van der Waals surface area contributed by atoms with Crippen molar-refractivity contribution in [1.82, 2.24) is 0 Å². The zero-order valence-electron chi connectivity index (χ0n) is 12.4. The summed E-state index contributed by atoms with van der Waals surface area (Å²) in [4.78, 5) is 11.3. The number of halogens is 1. The van der Waals surface area contributed by atoms with Crippen molar-refractivity contribution in [2.24, 2.45) is 0 Å². The van der Waals surface area contributed by atoms with Crippen LogP contribution in [0.25, 0.3) is 10.8 Å². The number of ether oxygens (including phenoxy) is 1. The van der Waals surface area contributed by atoms with Crippen molar-refractivity contribution >= 4 is 32.8 Å². The molecule has 2 rings (SSSR count). The molecule has 0 aromatic heterocycles. The van der Waals surface area contributed by atoms with E-state index in [1.54, 1.807) is 39.0 Å². The molecule has 2 aromatic rings. The van der Waals surface area contributed by atoms with E-state index in [4.69, 9.17) is 4.74 Å². The maximum Gasteiger partial charge on any atom is 0.412 e. The number of hydrogen-bond acceptors (Lipinski definition) is 4. The molecule has 0 aliphatic rings. The molecule has 0 saturated heterocycles. The number of benzene rings is 2. The summed E-state index contributed by atoms with van der Waals surface area (Å²) >= 11 is 0. The van der Waals surface area contributed by atoms with Crippen LogP contribution in [-0.2, 0) is 15.0 Å². The van der Waals surface area contributed by atoms with Gasteiger partial charge >= 0.3 is 16.3 Å². The van der Waals surface area contributed by atoms with E-state index < -0.39 is 26.8 Å². The third kappa shape index (κ3) is 4.17. The van der Waals surface area contributed by atoms with Crippen molar-refractivity contribution in [3.05, 3.63) is 36.4 Å². The normalized spacial score (nSPS) is 12.2. The molecule has 2 aromatic carbocycles. The van der Waals surface area contributed by atoms with E-state index in [-0.39, 0.29) is 0 Å². The maximum absolute atomic E-state index is 13.0. The lowest BCUT2D eigenvalue weighted by molar-refractivity contribution is 0.0636. The molecule has 0 heterocycles. The molecule has 0 aliphatic carbocycles. The minimum atomic E-state index is -4.77. The van der Waals surface area contributed by atoms with Crippen molar-refractivity contribution in [3.8, 4) is 0 Å². The molecule has 0 saturated carbocycles. The number of amides is 1. The van der Waals surface area contributed by atoms with Crippen LogP contribution in [0.3, 0.4) is 0 Å². The Labute approximate surface area is 128 Å². The Morgan fingerprint density at radius 2 is 1.73 bits per heavy atom. The summed E-state index contributed by atoms with van der Waals surface area (Å²) < 4.78 is 40.0. The number of fused-ring (bicyclic) bond motifs is 1. The van der Waals surface area contributed by atoms with Crippen LogP contribution in [0, 0.1) is 0 Å². The van der Waals surface area contributed by atoms with Crippen LogP contribution in [0.2, 0.25) is 0 Å². The first kappa shape index (κ1) is 16.2. The van der Waals surface area contributed by atoms with Crippen molar-refractivity contribution in [1.29, 1.82) is 0 Å². The number of hydrogen-bond donors (Lipinski definition) is 1. The Balaban J connectivity index is 2.31. The van der Waals surface area contributed by atoms with E-state index >= 15 is 0 Å². The van der Waals surface area contributed by atoms with E-state index in [1.807, 2.05) is 0 Å². The van der Waals surface area contributed by atoms with Gasteiger partial charge in [0.05, 0.1) is 4.90 Å². The Bertz CT molecular complexity index is 825. The van der Waals surface area contributed by atoms with Gasteiger partial charge in [-0.15, -0.1) is 3.89 Å². The van der Waals surface area contributed by atoms with Crippen LogP contribution < -0.4 is 5.32 Å². The smallest absolute Gasteiger partial charge is 0.412 e. The molecule has 0 unspecified atom stereocenters. The summed E-state index contributed by atoms with van der Waals surface area (Å²) in [6.45, 7) is 5.22. The monoisotopic (exact) mass is 325 g/mol. The van der Waals surface area contributed by atoms with E-state index in [1.165, 1.54) is 18.2 Å². The quantitative estimate of drug-likeness (QED) is 0.851. The summed E-state index contributed by atoms with van der Waals surface area (Å²) in [6.07, 6.45) is -0.624. The fourth-order valence-electron chi connectivity index (χ4n) is 1.88. The highest BCUT2D eigenvalue weighted by Gasteiger charge is 2.16. The molecular weight excluding hydrogens is 309 g/mol. The number of rotatable bonds is 2. The predicted octanol–water partition coefficient (Wildman–Crippen LogP) is 3.85. The Kier molecular flexibility index (Phi) is 4.10. The number of nitrogens with one attached hydrogen (secondary N) is 1. The molecule has 7 heteroatoms. The van der Waals surface area contributed by atoms with E-state index in [9.17, 15) is 17.1 Å². The first-order chi connectivity index (χ1) is 10.0. The van der Waals surface area contributed by atoms with Crippen LogP contribution in [0.1, 0.15) is 20.8 Å². The van der Waals surface area contributed by atoms with Gasteiger partial charge < -0.3 is 4.74 Å². The standard InChI is InChI=1S/C15H16FNO4S/c1-15(2,3)21-14(18)17-12-6-4-10-5-7-13(22(16,19)20)9-11(10)8-12/h4-9H,1-3H3,(H,17,18). The van der Waals surface area contributed by atoms with Crippen LogP contribution >= 0.6 is 0 Å². The summed E-state index contributed by atoms with van der Waals surface area (Å²) in [5.74, 6) is 0. The number of carbonyl (C=O) groups excluding carboxylic acids is 1. The molecule has 22 heavy (non-hydrogen) atoms. The molecule has 0 spiro atoms. The van der Waals surface area contributed by atoms with Crippen LogP contribution in [0.15, 0.2) is 41.3 Å². The fourth-order valence-corrected chi connectivity index (χ4v) is 2.37. The molecule has 0 aliphatic heterocycles. The Hall–Kier alpha value is -2.15. The topological polar surface area (TPSA) is 72.5 Å². The summed E-state index contributed by atoms with van der Waals surface area (Å²) in [7, 11) is -4.77. The van der Waals surface area contributed by atoms with Crippen molar-refractivity contribution in [2.45, 2.75) is 31.3 Å². The first-order valence-electron chi connectivity index (χ1n) is 6.53. The molecule has 1 N–H and O–H groups in total. The summed E-state index contributed by atoms with van der Waals surface area (Å²) in [6, 6.07) is 8.79. The highest BCUT2D eigenvalue weighted by Crippen LogP contribution is 2.24. The molecule has 0 atom stereocenters. The Morgan fingerprint density at radius 1 is 1.09 bits per heavy atom. The second-order valence-electron chi connectivity index (χ2n) is 5.79. The van der Waals surface area contributed by atoms with Crippen LogP contribution in [0.4, 0.5) is 14.4 Å². The zero-order valence-corrected chi connectivity index (χ0v) is 13.2. The van der Waals surface area contributed by atoms with Crippen molar-refractivity contribution in [2.75, 3.05) is 5.32 Å². The van der Waals surface area contributed by atoms with Gasteiger partial charge in [0.15, 0.2) is 0 Å². The Morgan fingerprint density at radius 3 is 2.32 bits per heavy atom. The summed E-state index contributed by atoms with van der Waals surface area (Å²) in [5, 5.41) is 3.76. The molecule has 118 valence electrons. The van der Waals surface area contributed by atoms with Gasteiger partial charge in [-0.25, -0.2) is 4.79 Å². The fraction of sp³-hybridized carbons (Fsp3) is 0.267. The molecule has 0 radical (unpaired) electrons. The van der Waals surface area contributed by atoms with Crippen molar-refractivity contribution < 1.29 is 21.8 Å². The summed E-state index contributed by atoms with van der Waals surface area (Å²) in [5.41, 5.74) is -0.202. The van der Waals surface area contributed by atoms with Gasteiger partial charge in [0.2, 0.25) is 0 Å². The average Bonchev–Trinajstić information content (AvgIpc) is 2.34. The van der Waals surface area contributed by atoms with E-state index in [0.29, 0.717) is 11.1 Å². The largest absolute Gasteiger partial charge is 0.444 e. The molecule has 0 fully saturated rings. The van der Waals surface area contributed by atoms with Gasteiger partial charge in [0.25, 0.3) is 0 Å². The molecule has 1 amide bonds. The van der Waals surface area contributed by atoms with Crippen LogP contribution in [0.5, 0.6) is 0 Å². The van der Waals surface area contributed by atoms with Gasteiger partial charge in [0.1, 0.15) is 5.60 Å². The molecule has 0 bridgehead atoms. The highest BCUT2D eigenvalue weighted by atomic mass is 32.3. The minimum Gasteiger partial charge on any atom is -0.444 e. The van der Waals surface area contributed by atoms with E-state index in [0.717, 1.165) is 5.39 Å². The number of anilines is 1. The maximum atomic E-state index is 13.0. The lowest BCUT2D eigenvalue weighted by atomic mass is 10.1. The SMILES string of the molecule is CC(C)(C)OC(=O)Nc1ccc2ccc(S(=O)(=O)F)cc2c1. The highest BCUT2D eigenvalue weighted by molar-refractivity contribution is 7.86. The lowest BCUT2D eigenvalue weighted by Gasteiger charge is -2.19. The van der Waals surface area contributed by atoms with Gasteiger partial charge in [-0.2, -0.15) is 8.42 Å². The van der Waals surface area contributed by atoms with Gasteiger partial charge in [-0.1, -0.05) is 12.1 Å². The van der Waals surface area contributed by atoms with Crippen LogP contribution in [-0.4, -0.2) is 20.1 Å². The first-order valence-corrected chi connectivity index (χ1v) is 7.91. The van der Waals surface area contributed by atoms with Gasteiger partial charge in [-0.05, 0) is 55.8 Å². The van der Waals surface area contributed by atoms with Crippen molar-refractivity contribution in [3.63, 3.8) is 0 Å². The van der Waals surface area contributed by atoms with Gasteiger partial charge in [-0.3, -0.25) is 5.32 Å². The molecule has 5 nitrogen and oxygen atoms in total. The second kappa shape index (κ2) is 5.57. The zero-order chi connectivity index (χ0) is 16.5. The van der Waals surface area contributed by atoms with E-state index in [2.05, 4.69) is 5.32 Å². The molecular formula is C15H16FNO4S. The third-order valence-electron chi connectivity index (χ3n) is 2.74. The second-order valence-corrected chi connectivity index (χ2v) is 7.14. The lowest BCUT2D eigenvalue weighted by Crippen LogP contribution is -2.27. The minimum absolute atomic E-state index is 0.422. The predicted molar refractivity (Wildman–Crippen MR) is 82.1 cm³/mol. The number of carbonyl (C=O) groups is 1. The third-order valence-corrected chi connectivity index (χ3v) is 3.56. The van der Waals surface area contributed by atoms with Gasteiger partial charge in [0, 0.05) is 5.69 Å². The average molecular weight is 325 g/mol.